The lowest BCUT2D eigenvalue weighted by molar-refractivity contribution is -0.140. The first-order chi connectivity index (χ1) is 12.5. The molecule has 2 atom stereocenters. The van der Waals surface area contributed by atoms with Gasteiger partial charge in [-0.1, -0.05) is 5.57 Å². The summed E-state index contributed by atoms with van der Waals surface area (Å²) in [5.74, 6) is -0.874. The van der Waals surface area contributed by atoms with Crippen LogP contribution in [0, 0.1) is 5.41 Å². The van der Waals surface area contributed by atoms with E-state index in [2.05, 4.69) is 5.32 Å². The lowest BCUT2D eigenvalue weighted by Gasteiger charge is -2.39. The number of aliphatic hydroxyl groups is 1. The van der Waals surface area contributed by atoms with Crippen LogP contribution in [-0.4, -0.2) is 51.0 Å². The molecule has 0 aromatic carbocycles. The number of carboxylic acid groups (broad SMARTS) is 1. The first-order valence-electron chi connectivity index (χ1n) is 9.01. The van der Waals surface area contributed by atoms with Crippen LogP contribution in [0.2, 0.25) is 0 Å². The van der Waals surface area contributed by atoms with E-state index in [0.717, 1.165) is 35.1 Å². The number of carbonyl (C=O) groups excluding carboxylic acids is 2. The van der Waals surface area contributed by atoms with Crippen LogP contribution in [0.4, 0.5) is 0 Å². The molecule has 1 fully saturated rings. The van der Waals surface area contributed by atoms with Gasteiger partial charge in [-0.05, 0) is 56.4 Å². The van der Waals surface area contributed by atoms with Crippen LogP contribution >= 0.6 is 11.8 Å². The van der Waals surface area contributed by atoms with Gasteiger partial charge in [-0.2, -0.15) is 11.8 Å². The van der Waals surface area contributed by atoms with E-state index in [0.29, 0.717) is 11.3 Å². The average molecular weight is 391 g/mol. The van der Waals surface area contributed by atoms with Crippen LogP contribution in [0.1, 0.15) is 40.5 Å². The minimum absolute atomic E-state index is 0.221. The Bertz CT molecular complexity index is 829. The van der Waals surface area contributed by atoms with Gasteiger partial charge < -0.3 is 15.5 Å². The SMILES string of the molecule is CC(=O)N[C@@H](CSCC1=C(C)C=C2C(=O)[C@](C)(O)C3(CC3)C(C)=C21)C(=O)O. The largest absolute Gasteiger partial charge is 0.480 e. The number of aliphatic carboxylic acids is 1. The zero-order chi connectivity index (χ0) is 20.1. The number of carboxylic acids is 1. The van der Waals surface area contributed by atoms with Gasteiger partial charge in [0.2, 0.25) is 5.91 Å². The molecule has 0 aromatic heterocycles. The molecule has 3 aliphatic carbocycles. The van der Waals surface area contributed by atoms with Gasteiger partial charge in [0.1, 0.15) is 11.6 Å². The maximum absolute atomic E-state index is 12.9. The quantitative estimate of drug-likeness (QED) is 0.640. The van der Waals surface area contributed by atoms with E-state index in [4.69, 9.17) is 0 Å². The maximum Gasteiger partial charge on any atom is 0.327 e. The molecule has 0 unspecified atom stereocenters. The molecule has 6 nitrogen and oxygen atoms in total. The Morgan fingerprint density at radius 2 is 1.96 bits per heavy atom. The zero-order valence-corrected chi connectivity index (χ0v) is 16.8. The van der Waals surface area contributed by atoms with Gasteiger partial charge in [0.25, 0.3) is 0 Å². The van der Waals surface area contributed by atoms with Crippen molar-refractivity contribution in [1.29, 1.82) is 0 Å². The van der Waals surface area contributed by atoms with Crippen molar-refractivity contribution in [3.63, 3.8) is 0 Å². The number of amides is 1. The number of carbonyl (C=O) groups is 3. The minimum Gasteiger partial charge on any atom is -0.480 e. The van der Waals surface area contributed by atoms with Crippen molar-refractivity contribution in [2.75, 3.05) is 11.5 Å². The summed E-state index contributed by atoms with van der Waals surface area (Å²) in [6.45, 7) is 6.85. The van der Waals surface area contributed by atoms with Crippen LogP contribution in [-0.2, 0) is 14.4 Å². The molecule has 0 heterocycles. The highest BCUT2D eigenvalue weighted by Crippen LogP contribution is 2.65. The van der Waals surface area contributed by atoms with Crippen molar-refractivity contribution in [2.24, 2.45) is 5.41 Å². The van der Waals surface area contributed by atoms with Gasteiger partial charge in [0.15, 0.2) is 5.78 Å². The van der Waals surface area contributed by atoms with Crippen molar-refractivity contribution in [1.82, 2.24) is 5.32 Å². The number of fused-ring (bicyclic) bond motifs is 1. The standard InChI is InChI=1S/C20H25NO5S/c1-10-7-13-16(11(2)20(5-6-20)19(4,26)17(13)23)14(10)8-27-9-15(18(24)25)21-12(3)22/h7,15,26H,5-6,8-9H2,1-4H3,(H,21,22)(H,24,25)/t15-,19-/m0/s1. The molecule has 3 aliphatic rings. The molecule has 3 rings (SSSR count). The van der Waals surface area contributed by atoms with Crippen molar-refractivity contribution < 1.29 is 24.6 Å². The summed E-state index contributed by atoms with van der Waals surface area (Å²) in [6.07, 6.45) is 3.44. The van der Waals surface area contributed by atoms with E-state index in [1.54, 1.807) is 6.92 Å². The van der Waals surface area contributed by atoms with E-state index in [9.17, 15) is 24.6 Å². The molecular formula is C20H25NO5S. The lowest BCUT2D eigenvalue weighted by atomic mass is 9.67. The Morgan fingerprint density at radius 1 is 1.33 bits per heavy atom. The molecule has 3 N–H and O–H groups in total. The smallest absolute Gasteiger partial charge is 0.327 e. The second-order valence-corrected chi connectivity index (χ2v) is 8.84. The molecule has 1 amide bonds. The van der Waals surface area contributed by atoms with Gasteiger partial charge in [-0.15, -0.1) is 0 Å². The topological polar surface area (TPSA) is 104 Å². The molecule has 146 valence electrons. The third-order valence-electron chi connectivity index (χ3n) is 6.08. The summed E-state index contributed by atoms with van der Waals surface area (Å²) in [7, 11) is 0. The minimum atomic E-state index is -1.37. The average Bonchev–Trinajstić information content (AvgIpc) is 3.32. The van der Waals surface area contributed by atoms with Crippen LogP contribution in [0.5, 0.6) is 0 Å². The normalized spacial score (nSPS) is 26.9. The first-order valence-corrected chi connectivity index (χ1v) is 10.2. The van der Waals surface area contributed by atoms with Gasteiger partial charge in [0.05, 0.1) is 0 Å². The molecule has 27 heavy (non-hydrogen) atoms. The second kappa shape index (κ2) is 6.63. The number of allylic oxidation sites excluding steroid dienone is 3. The molecule has 0 saturated heterocycles. The third kappa shape index (κ3) is 3.06. The molecule has 7 heteroatoms. The Labute approximate surface area is 162 Å². The molecule has 0 radical (unpaired) electrons. The summed E-state index contributed by atoms with van der Waals surface area (Å²) in [4.78, 5) is 35.4. The van der Waals surface area contributed by atoms with Crippen LogP contribution in [0.25, 0.3) is 0 Å². The number of Topliss-reactive ketones (excluding diaryl/α,β-unsaturated/α-hetero) is 1. The van der Waals surface area contributed by atoms with Gasteiger partial charge >= 0.3 is 5.97 Å². The number of thioether (sulfide) groups is 1. The van der Waals surface area contributed by atoms with E-state index in [-0.39, 0.29) is 17.4 Å². The van der Waals surface area contributed by atoms with Crippen molar-refractivity contribution in [2.45, 2.75) is 52.2 Å². The third-order valence-corrected chi connectivity index (χ3v) is 7.14. The fourth-order valence-corrected chi connectivity index (χ4v) is 5.45. The number of ketones is 1. The highest BCUT2D eigenvalue weighted by atomic mass is 32.2. The van der Waals surface area contributed by atoms with Gasteiger partial charge in [0, 0.05) is 29.4 Å². The van der Waals surface area contributed by atoms with Crippen molar-refractivity contribution in [3.05, 3.63) is 33.9 Å². The fraction of sp³-hybridized carbons (Fsp3) is 0.550. The molecule has 0 aromatic rings. The fourth-order valence-electron chi connectivity index (χ4n) is 4.30. The number of rotatable bonds is 6. The van der Waals surface area contributed by atoms with E-state index < -0.39 is 23.0 Å². The van der Waals surface area contributed by atoms with E-state index >= 15 is 0 Å². The number of hydrogen-bond donors (Lipinski definition) is 3. The lowest BCUT2D eigenvalue weighted by Crippen LogP contribution is -2.49. The summed E-state index contributed by atoms with van der Waals surface area (Å²) in [5, 5.41) is 22.5. The highest BCUT2D eigenvalue weighted by molar-refractivity contribution is 7.99. The molecule has 1 spiro atoms. The van der Waals surface area contributed by atoms with Gasteiger partial charge in [-0.3, -0.25) is 9.59 Å². The zero-order valence-electron chi connectivity index (χ0n) is 16.0. The molecule has 1 saturated carbocycles. The van der Waals surface area contributed by atoms with Crippen LogP contribution in [0.15, 0.2) is 33.9 Å². The van der Waals surface area contributed by atoms with Gasteiger partial charge in [-0.25, -0.2) is 4.79 Å². The van der Waals surface area contributed by atoms with E-state index in [1.165, 1.54) is 18.7 Å². The summed E-state index contributed by atoms with van der Waals surface area (Å²) in [5.41, 5.74) is 2.73. The Morgan fingerprint density at radius 3 is 2.48 bits per heavy atom. The second-order valence-electron chi connectivity index (χ2n) is 7.81. The maximum atomic E-state index is 12.9. The Kier molecular flexibility index (Phi) is 4.89. The number of nitrogens with one attached hydrogen (secondary N) is 1. The predicted octanol–water partition coefficient (Wildman–Crippen LogP) is 2.00. The van der Waals surface area contributed by atoms with Crippen molar-refractivity contribution in [3.8, 4) is 0 Å². The Hall–Kier alpha value is -1.86. The van der Waals surface area contributed by atoms with E-state index in [1.807, 2.05) is 19.9 Å². The summed E-state index contributed by atoms with van der Waals surface area (Å²) in [6, 6.07) is -0.944. The molecule has 0 aliphatic heterocycles. The number of hydrogen-bond acceptors (Lipinski definition) is 5. The monoisotopic (exact) mass is 391 g/mol. The summed E-state index contributed by atoms with van der Waals surface area (Å²) >= 11 is 1.42. The Balaban J connectivity index is 1.81. The summed E-state index contributed by atoms with van der Waals surface area (Å²) < 4.78 is 0. The molecule has 0 bridgehead atoms. The molecular weight excluding hydrogens is 366 g/mol. The van der Waals surface area contributed by atoms with Crippen LogP contribution < -0.4 is 5.32 Å². The predicted molar refractivity (Wildman–Crippen MR) is 103 cm³/mol. The van der Waals surface area contributed by atoms with Crippen LogP contribution in [0.3, 0.4) is 0 Å². The van der Waals surface area contributed by atoms with Crippen molar-refractivity contribution >= 4 is 29.4 Å². The first kappa shape index (κ1) is 19.9. The highest BCUT2D eigenvalue weighted by Gasteiger charge is 2.64.